The molecule has 0 aliphatic heterocycles. The van der Waals surface area contributed by atoms with E-state index in [4.69, 9.17) is 5.73 Å². The van der Waals surface area contributed by atoms with E-state index in [1.807, 2.05) is 0 Å². The van der Waals surface area contributed by atoms with Gasteiger partial charge in [-0.25, -0.2) is 4.79 Å². The topological polar surface area (TPSA) is 92.4 Å². The molecule has 5 nitrogen and oxygen atoms in total. The molecule has 0 aromatic heterocycles. The van der Waals surface area contributed by atoms with Gasteiger partial charge in [0.2, 0.25) is 0 Å². The summed E-state index contributed by atoms with van der Waals surface area (Å²) in [6, 6.07) is 5.85. The maximum absolute atomic E-state index is 12.2. The molecule has 0 bridgehead atoms. The molecule has 5 heteroatoms. The van der Waals surface area contributed by atoms with Crippen molar-refractivity contribution in [3.8, 4) is 0 Å². The molecule has 1 atom stereocenters. The van der Waals surface area contributed by atoms with Crippen molar-refractivity contribution in [3.05, 3.63) is 29.8 Å². The number of carboxylic acids is 1. The zero-order chi connectivity index (χ0) is 14.5. The monoisotopic (exact) mass is 276 g/mol. The number of benzene rings is 1. The van der Waals surface area contributed by atoms with Crippen LogP contribution in [0, 0.1) is 5.92 Å². The Morgan fingerprint density at radius 2 is 1.85 bits per heavy atom. The molecule has 1 fully saturated rings. The first kappa shape index (κ1) is 14.4. The molecule has 1 aliphatic carbocycles. The number of para-hydroxylation sites is 1. The average Bonchev–Trinajstić information content (AvgIpc) is 2.45. The predicted molar refractivity (Wildman–Crippen MR) is 76.3 cm³/mol. The van der Waals surface area contributed by atoms with Gasteiger partial charge < -0.3 is 16.2 Å². The van der Waals surface area contributed by atoms with E-state index in [0.29, 0.717) is 11.3 Å². The van der Waals surface area contributed by atoms with Gasteiger partial charge in [0.15, 0.2) is 0 Å². The largest absolute Gasteiger partial charge is 0.480 e. The SMILES string of the molecule is Nc1ccccc1C(=O)NC(C(=O)O)C1CCCCC1. The van der Waals surface area contributed by atoms with E-state index in [2.05, 4.69) is 5.32 Å². The first-order chi connectivity index (χ1) is 9.59. The lowest BCUT2D eigenvalue weighted by atomic mass is 9.84. The minimum atomic E-state index is -0.972. The lowest BCUT2D eigenvalue weighted by Crippen LogP contribution is -2.46. The number of nitrogens with one attached hydrogen (secondary N) is 1. The van der Waals surface area contributed by atoms with E-state index in [-0.39, 0.29) is 5.92 Å². The third kappa shape index (κ3) is 3.29. The number of carbonyl (C=O) groups is 2. The van der Waals surface area contributed by atoms with Gasteiger partial charge in [-0.05, 0) is 30.9 Å². The highest BCUT2D eigenvalue weighted by Crippen LogP contribution is 2.27. The van der Waals surface area contributed by atoms with E-state index >= 15 is 0 Å². The number of rotatable bonds is 4. The van der Waals surface area contributed by atoms with Crippen LogP contribution < -0.4 is 11.1 Å². The maximum Gasteiger partial charge on any atom is 0.326 e. The molecule has 1 saturated carbocycles. The standard InChI is InChI=1S/C15H20N2O3/c16-12-9-5-4-8-11(12)14(18)17-13(15(19)20)10-6-2-1-3-7-10/h4-5,8-10,13H,1-3,6-7,16H2,(H,17,18)(H,19,20). The molecule has 108 valence electrons. The summed E-state index contributed by atoms with van der Waals surface area (Å²) >= 11 is 0. The van der Waals surface area contributed by atoms with Crippen molar-refractivity contribution < 1.29 is 14.7 Å². The van der Waals surface area contributed by atoms with Crippen LogP contribution in [0.4, 0.5) is 5.69 Å². The number of aliphatic carboxylic acids is 1. The van der Waals surface area contributed by atoms with E-state index in [9.17, 15) is 14.7 Å². The van der Waals surface area contributed by atoms with E-state index in [1.54, 1.807) is 24.3 Å². The number of amides is 1. The minimum absolute atomic E-state index is 0.00939. The minimum Gasteiger partial charge on any atom is -0.480 e. The van der Waals surface area contributed by atoms with E-state index < -0.39 is 17.9 Å². The zero-order valence-corrected chi connectivity index (χ0v) is 11.3. The Morgan fingerprint density at radius 1 is 1.20 bits per heavy atom. The second-order valence-electron chi connectivity index (χ2n) is 5.27. The van der Waals surface area contributed by atoms with Crippen LogP contribution in [0.5, 0.6) is 0 Å². The Hall–Kier alpha value is -2.04. The Labute approximate surface area is 118 Å². The van der Waals surface area contributed by atoms with Crippen molar-refractivity contribution in [1.82, 2.24) is 5.32 Å². The summed E-state index contributed by atoms with van der Waals surface area (Å²) in [6.45, 7) is 0. The highest BCUT2D eigenvalue weighted by Gasteiger charge is 2.31. The van der Waals surface area contributed by atoms with Crippen LogP contribution in [0.15, 0.2) is 24.3 Å². The number of hydrogen-bond acceptors (Lipinski definition) is 3. The van der Waals surface area contributed by atoms with Gasteiger partial charge in [-0.2, -0.15) is 0 Å². The first-order valence-corrected chi connectivity index (χ1v) is 6.98. The Morgan fingerprint density at radius 3 is 2.45 bits per heavy atom. The van der Waals surface area contributed by atoms with Gasteiger partial charge in [0.25, 0.3) is 5.91 Å². The van der Waals surface area contributed by atoms with Crippen LogP contribution >= 0.6 is 0 Å². The summed E-state index contributed by atoms with van der Waals surface area (Å²) in [6.07, 6.45) is 4.89. The smallest absolute Gasteiger partial charge is 0.326 e. The van der Waals surface area contributed by atoms with Crippen LogP contribution in [0.25, 0.3) is 0 Å². The van der Waals surface area contributed by atoms with Crippen molar-refractivity contribution in [1.29, 1.82) is 0 Å². The normalized spacial score (nSPS) is 17.4. The lowest BCUT2D eigenvalue weighted by Gasteiger charge is -2.28. The molecule has 1 aromatic carbocycles. The van der Waals surface area contributed by atoms with Crippen LogP contribution in [0.2, 0.25) is 0 Å². The fraction of sp³-hybridized carbons (Fsp3) is 0.467. The number of carboxylic acid groups (broad SMARTS) is 1. The summed E-state index contributed by atoms with van der Waals surface area (Å²) in [5.74, 6) is -1.38. The summed E-state index contributed by atoms with van der Waals surface area (Å²) in [4.78, 5) is 23.6. The number of nitrogens with two attached hydrogens (primary N) is 1. The van der Waals surface area contributed by atoms with Gasteiger partial charge in [0, 0.05) is 5.69 Å². The molecule has 0 radical (unpaired) electrons. The van der Waals surface area contributed by atoms with Crippen LogP contribution in [0.1, 0.15) is 42.5 Å². The quantitative estimate of drug-likeness (QED) is 0.734. The van der Waals surface area contributed by atoms with Crippen LogP contribution in [0.3, 0.4) is 0 Å². The van der Waals surface area contributed by atoms with Gasteiger partial charge in [0.1, 0.15) is 6.04 Å². The third-order valence-corrected chi connectivity index (χ3v) is 3.88. The summed E-state index contributed by atoms with van der Waals surface area (Å²) in [7, 11) is 0. The zero-order valence-electron chi connectivity index (χ0n) is 11.3. The molecule has 4 N–H and O–H groups in total. The number of hydrogen-bond donors (Lipinski definition) is 3. The van der Waals surface area contributed by atoms with Gasteiger partial charge in [0.05, 0.1) is 5.56 Å². The molecule has 1 unspecified atom stereocenters. The van der Waals surface area contributed by atoms with Crippen LogP contribution in [-0.4, -0.2) is 23.0 Å². The molecule has 2 rings (SSSR count). The fourth-order valence-corrected chi connectivity index (χ4v) is 2.77. The molecule has 20 heavy (non-hydrogen) atoms. The Kier molecular flexibility index (Phi) is 4.61. The predicted octanol–water partition coefficient (Wildman–Crippen LogP) is 2.03. The second-order valence-corrected chi connectivity index (χ2v) is 5.27. The van der Waals surface area contributed by atoms with Gasteiger partial charge in [-0.1, -0.05) is 31.4 Å². The lowest BCUT2D eigenvalue weighted by molar-refractivity contribution is -0.141. The fourth-order valence-electron chi connectivity index (χ4n) is 2.77. The van der Waals surface area contributed by atoms with Gasteiger partial charge in [-0.15, -0.1) is 0 Å². The van der Waals surface area contributed by atoms with Crippen molar-refractivity contribution in [2.24, 2.45) is 5.92 Å². The molecule has 1 aromatic rings. The van der Waals surface area contributed by atoms with Crippen molar-refractivity contribution >= 4 is 17.6 Å². The number of anilines is 1. The van der Waals surface area contributed by atoms with Crippen molar-refractivity contribution in [2.45, 2.75) is 38.1 Å². The molecule has 1 amide bonds. The summed E-state index contributed by atoms with van der Waals surface area (Å²) in [5.41, 5.74) is 6.43. The first-order valence-electron chi connectivity index (χ1n) is 6.98. The summed E-state index contributed by atoms with van der Waals surface area (Å²) < 4.78 is 0. The second kappa shape index (κ2) is 6.41. The Bertz CT molecular complexity index is 496. The maximum atomic E-state index is 12.2. The van der Waals surface area contributed by atoms with E-state index in [0.717, 1.165) is 32.1 Å². The number of carbonyl (C=O) groups excluding carboxylic acids is 1. The molecule has 0 heterocycles. The molecule has 0 saturated heterocycles. The third-order valence-electron chi connectivity index (χ3n) is 3.88. The highest BCUT2D eigenvalue weighted by atomic mass is 16.4. The Balaban J connectivity index is 2.10. The molecular weight excluding hydrogens is 256 g/mol. The molecule has 1 aliphatic rings. The van der Waals surface area contributed by atoms with Gasteiger partial charge >= 0.3 is 5.97 Å². The van der Waals surface area contributed by atoms with Crippen molar-refractivity contribution in [2.75, 3.05) is 5.73 Å². The molecular formula is C15H20N2O3. The molecule has 0 spiro atoms. The van der Waals surface area contributed by atoms with Crippen molar-refractivity contribution in [3.63, 3.8) is 0 Å². The average molecular weight is 276 g/mol. The van der Waals surface area contributed by atoms with E-state index in [1.165, 1.54) is 0 Å². The summed E-state index contributed by atoms with van der Waals surface area (Å²) in [5, 5.41) is 12.0. The highest BCUT2D eigenvalue weighted by molar-refractivity contribution is 6.00. The van der Waals surface area contributed by atoms with Gasteiger partial charge in [-0.3, -0.25) is 4.79 Å². The number of nitrogen functional groups attached to an aromatic ring is 1. The van der Waals surface area contributed by atoms with Crippen LogP contribution in [-0.2, 0) is 4.79 Å².